The minimum Gasteiger partial charge on any atom is -0.493 e. The van der Waals surface area contributed by atoms with E-state index in [1.54, 1.807) is 13.1 Å². The molecule has 6 heteroatoms. The molecule has 1 saturated heterocycles. The zero-order valence-corrected chi connectivity index (χ0v) is 15.8. The highest BCUT2D eigenvalue weighted by Crippen LogP contribution is 2.36. The fourth-order valence-corrected chi connectivity index (χ4v) is 2.97. The second-order valence-corrected chi connectivity index (χ2v) is 8.07. The van der Waals surface area contributed by atoms with Crippen molar-refractivity contribution in [3.63, 3.8) is 0 Å². The Morgan fingerprint density at radius 3 is 2.36 bits per heavy atom. The van der Waals surface area contributed by atoms with Gasteiger partial charge in [0.1, 0.15) is 5.75 Å². The minimum atomic E-state index is -0.513. The topological polar surface area (TPSA) is 56.8 Å². The number of benzene rings is 1. The van der Waals surface area contributed by atoms with Gasteiger partial charge in [-0.2, -0.15) is 0 Å². The van der Waals surface area contributed by atoms with E-state index in [0.717, 1.165) is 5.46 Å². The first-order valence-electron chi connectivity index (χ1n) is 9.07. The Bertz CT molecular complexity index is 639. The van der Waals surface area contributed by atoms with Crippen LogP contribution in [0, 0.1) is 5.92 Å². The summed E-state index contributed by atoms with van der Waals surface area (Å²) in [5, 5.41) is 2.67. The zero-order chi connectivity index (χ0) is 18.2. The molecule has 1 amide bonds. The van der Waals surface area contributed by atoms with E-state index < -0.39 is 18.3 Å². The first kappa shape index (κ1) is 18.3. The van der Waals surface area contributed by atoms with E-state index in [-0.39, 0.29) is 5.91 Å². The van der Waals surface area contributed by atoms with Crippen molar-refractivity contribution in [2.75, 3.05) is 13.7 Å². The minimum absolute atomic E-state index is 0.146. The molecule has 3 rings (SSSR count). The van der Waals surface area contributed by atoms with Crippen molar-refractivity contribution < 1.29 is 18.8 Å². The molecule has 1 N–H and O–H groups in total. The molecule has 0 radical (unpaired) electrons. The molecule has 1 aliphatic carbocycles. The first-order valence-corrected chi connectivity index (χ1v) is 9.07. The fourth-order valence-electron chi connectivity index (χ4n) is 2.97. The van der Waals surface area contributed by atoms with Crippen LogP contribution in [0.2, 0.25) is 0 Å². The zero-order valence-electron chi connectivity index (χ0n) is 15.8. The molecule has 1 aromatic carbocycles. The smallest absolute Gasteiger partial charge is 0.493 e. The number of ether oxygens (including phenoxy) is 1. The summed E-state index contributed by atoms with van der Waals surface area (Å²) < 4.78 is 18.2. The van der Waals surface area contributed by atoms with Crippen LogP contribution in [0.3, 0.4) is 0 Å². The maximum atomic E-state index is 12.1. The third-order valence-electron chi connectivity index (χ3n) is 5.65. The van der Waals surface area contributed by atoms with Gasteiger partial charge in [0.25, 0.3) is 5.91 Å². The Kier molecular flexibility index (Phi) is 4.86. The molecule has 25 heavy (non-hydrogen) atoms. The molecule has 2 fully saturated rings. The van der Waals surface area contributed by atoms with Crippen molar-refractivity contribution in [2.24, 2.45) is 5.92 Å². The highest BCUT2D eigenvalue weighted by Gasteiger charge is 2.51. The van der Waals surface area contributed by atoms with Crippen molar-refractivity contribution >= 4 is 18.5 Å². The lowest BCUT2D eigenvalue weighted by Gasteiger charge is -2.32. The van der Waals surface area contributed by atoms with Crippen LogP contribution in [0.4, 0.5) is 0 Å². The maximum absolute atomic E-state index is 12.1. The van der Waals surface area contributed by atoms with Gasteiger partial charge in [0.05, 0.1) is 17.8 Å². The summed E-state index contributed by atoms with van der Waals surface area (Å²) in [6.45, 7) is 8.76. The molecule has 1 saturated carbocycles. The lowest BCUT2D eigenvalue weighted by Crippen LogP contribution is -2.41. The Hall–Kier alpha value is -1.53. The molecule has 0 spiro atoms. The van der Waals surface area contributed by atoms with Crippen LogP contribution in [0.1, 0.15) is 57.3 Å². The molecule has 0 aromatic heterocycles. The van der Waals surface area contributed by atoms with Crippen molar-refractivity contribution in [3.05, 3.63) is 23.8 Å². The van der Waals surface area contributed by atoms with Gasteiger partial charge in [0.2, 0.25) is 0 Å². The maximum Gasteiger partial charge on any atom is 0.494 e. The first-order chi connectivity index (χ1) is 11.7. The molecule has 2 aliphatic rings. The molecule has 0 bridgehead atoms. The van der Waals surface area contributed by atoms with Gasteiger partial charge in [-0.3, -0.25) is 4.79 Å². The van der Waals surface area contributed by atoms with Crippen molar-refractivity contribution in [1.82, 2.24) is 5.32 Å². The van der Waals surface area contributed by atoms with Gasteiger partial charge in [0.15, 0.2) is 0 Å². The number of amides is 1. The van der Waals surface area contributed by atoms with Gasteiger partial charge in [-0.25, -0.2) is 0 Å². The molecular formula is C19H28BNO4. The predicted molar refractivity (Wildman–Crippen MR) is 98.4 cm³/mol. The lowest BCUT2D eigenvalue weighted by atomic mass is 9.78. The number of carbonyl (C=O) groups excluding carboxylic acids is 1. The van der Waals surface area contributed by atoms with Crippen LogP contribution in [-0.4, -0.2) is 37.9 Å². The average Bonchev–Trinajstić information content (AvgIpc) is 2.73. The third-order valence-corrected chi connectivity index (χ3v) is 5.65. The number of carbonyl (C=O) groups is 1. The van der Waals surface area contributed by atoms with E-state index >= 15 is 0 Å². The van der Waals surface area contributed by atoms with Gasteiger partial charge in [-0.1, -0.05) is 6.42 Å². The van der Waals surface area contributed by atoms with Crippen LogP contribution < -0.4 is 15.5 Å². The second kappa shape index (κ2) is 6.65. The van der Waals surface area contributed by atoms with Gasteiger partial charge < -0.3 is 19.4 Å². The highest BCUT2D eigenvalue weighted by molar-refractivity contribution is 6.62. The molecular weight excluding hydrogens is 317 g/mol. The Morgan fingerprint density at radius 1 is 1.20 bits per heavy atom. The van der Waals surface area contributed by atoms with Crippen LogP contribution in [0.25, 0.3) is 0 Å². The van der Waals surface area contributed by atoms with Crippen LogP contribution in [-0.2, 0) is 9.31 Å². The summed E-state index contributed by atoms with van der Waals surface area (Å²) in [5.41, 5.74) is 0.517. The highest BCUT2D eigenvalue weighted by atomic mass is 16.7. The Morgan fingerprint density at radius 2 is 1.84 bits per heavy atom. The quantitative estimate of drug-likeness (QED) is 0.834. The Balaban J connectivity index is 1.85. The van der Waals surface area contributed by atoms with Gasteiger partial charge in [0, 0.05) is 12.6 Å². The van der Waals surface area contributed by atoms with Crippen molar-refractivity contribution in [2.45, 2.75) is 58.2 Å². The predicted octanol–water partition coefficient (Wildman–Crippen LogP) is 2.52. The molecule has 136 valence electrons. The van der Waals surface area contributed by atoms with Gasteiger partial charge in [-0.15, -0.1) is 0 Å². The molecule has 0 atom stereocenters. The van der Waals surface area contributed by atoms with Crippen LogP contribution in [0.15, 0.2) is 18.2 Å². The molecule has 1 aromatic rings. The van der Waals surface area contributed by atoms with E-state index in [9.17, 15) is 4.79 Å². The summed E-state index contributed by atoms with van der Waals surface area (Å²) in [4.78, 5) is 12.1. The second-order valence-electron chi connectivity index (χ2n) is 8.07. The molecule has 1 aliphatic heterocycles. The number of hydrogen-bond donors (Lipinski definition) is 1. The van der Waals surface area contributed by atoms with Crippen LogP contribution in [0.5, 0.6) is 5.75 Å². The van der Waals surface area contributed by atoms with Gasteiger partial charge in [-0.05, 0) is 70.1 Å². The van der Waals surface area contributed by atoms with E-state index in [1.807, 2.05) is 39.8 Å². The number of hydrogen-bond acceptors (Lipinski definition) is 4. The third kappa shape index (κ3) is 3.70. The Labute approximate surface area is 150 Å². The normalized spacial score (nSPS) is 21.7. The van der Waals surface area contributed by atoms with Crippen molar-refractivity contribution in [1.29, 1.82) is 0 Å². The standard InChI is InChI=1S/C19H28BNO4/c1-18(2)19(3,4)25-20(24-18)15-9-14(17(22)21-5)10-16(11-15)23-12-13-7-6-8-13/h9-11,13H,6-8,12H2,1-5H3,(H,21,22). The summed E-state index contributed by atoms with van der Waals surface area (Å²) in [6, 6.07) is 5.52. The van der Waals surface area contributed by atoms with Crippen molar-refractivity contribution in [3.8, 4) is 5.75 Å². The lowest BCUT2D eigenvalue weighted by molar-refractivity contribution is 0.00578. The molecule has 0 unspecified atom stereocenters. The summed E-state index contributed by atoms with van der Waals surface area (Å²) in [5.74, 6) is 1.17. The molecule has 5 nitrogen and oxygen atoms in total. The summed E-state index contributed by atoms with van der Waals surface area (Å²) in [7, 11) is 1.11. The average molecular weight is 345 g/mol. The van der Waals surface area contributed by atoms with E-state index in [2.05, 4.69) is 5.32 Å². The monoisotopic (exact) mass is 345 g/mol. The number of nitrogens with one attached hydrogen (secondary N) is 1. The summed E-state index contributed by atoms with van der Waals surface area (Å²) in [6.07, 6.45) is 3.73. The van der Waals surface area contributed by atoms with Gasteiger partial charge >= 0.3 is 7.12 Å². The molecule has 1 heterocycles. The van der Waals surface area contributed by atoms with E-state index in [4.69, 9.17) is 14.0 Å². The summed E-state index contributed by atoms with van der Waals surface area (Å²) >= 11 is 0. The number of rotatable bonds is 5. The van der Waals surface area contributed by atoms with Crippen LogP contribution >= 0.6 is 0 Å². The fraction of sp³-hybridized carbons (Fsp3) is 0.632. The largest absolute Gasteiger partial charge is 0.494 e. The van der Waals surface area contributed by atoms with E-state index in [0.29, 0.717) is 23.8 Å². The van der Waals surface area contributed by atoms with E-state index in [1.165, 1.54) is 19.3 Å². The SMILES string of the molecule is CNC(=O)c1cc(OCC2CCC2)cc(B2OC(C)(C)C(C)(C)O2)c1.